The van der Waals surface area contributed by atoms with Crippen LogP contribution in [-0.2, 0) is 0 Å². The standard InChI is InChI=1S/C17H18N2O5/c1-10(11-8-9-14(23-2)16(24-3)15(11)21)18-19-17(22)12-6-4-5-7-13(12)20/h4-9,20-21H,1-3H3,(H,19,22). The molecule has 0 radical (unpaired) electrons. The Morgan fingerprint density at radius 1 is 1.04 bits per heavy atom. The Bertz CT molecular complexity index is 787. The molecule has 0 fully saturated rings. The van der Waals surface area contributed by atoms with Crippen molar-refractivity contribution in [3.8, 4) is 23.0 Å². The van der Waals surface area contributed by atoms with Crippen LogP contribution in [-0.4, -0.2) is 36.1 Å². The Balaban J connectivity index is 2.26. The van der Waals surface area contributed by atoms with Crippen LogP contribution in [0.5, 0.6) is 23.0 Å². The van der Waals surface area contributed by atoms with Gasteiger partial charge in [-0.25, -0.2) is 5.43 Å². The van der Waals surface area contributed by atoms with Crippen LogP contribution in [0, 0.1) is 0 Å². The molecule has 7 nitrogen and oxygen atoms in total. The van der Waals surface area contributed by atoms with Crippen molar-refractivity contribution in [3.05, 3.63) is 47.5 Å². The molecular weight excluding hydrogens is 312 g/mol. The minimum atomic E-state index is -0.563. The fourth-order valence-electron chi connectivity index (χ4n) is 2.12. The lowest BCUT2D eigenvalue weighted by Crippen LogP contribution is -2.19. The Labute approximate surface area is 139 Å². The maximum Gasteiger partial charge on any atom is 0.275 e. The molecular formula is C17H18N2O5. The summed E-state index contributed by atoms with van der Waals surface area (Å²) >= 11 is 0. The molecule has 0 aliphatic heterocycles. The van der Waals surface area contributed by atoms with Crippen LogP contribution in [0.1, 0.15) is 22.8 Å². The van der Waals surface area contributed by atoms with Crippen LogP contribution in [0.3, 0.4) is 0 Å². The predicted octanol–water partition coefficient (Wildman–Crippen LogP) is 2.27. The third kappa shape index (κ3) is 3.40. The molecule has 2 rings (SSSR count). The lowest BCUT2D eigenvalue weighted by Gasteiger charge is -2.12. The van der Waals surface area contributed by atoms with Gasteiger partial charge in [-0.2, -0.15) is 5.10 Å². The molecule has 24 heavy (non-hydrogen) atoms. The summed E-state index contributed by atoms with van der Waals surface area (Å²) in [5.74, 6) is -0.291. The number of hydrazone groups is 1. The second kappa shape index (κ2) is 7.36. The van der Waals surface area contributed by atoms with Gasteiger partial charge in [0.25, 0.3) is 5.91 Å². The first-order valence-electron chi connectivity index (χ1n) is 7.06. The van der Waals surface area contributed by atoms with Crippen LogP contribution >= 0.6 is 0 Å². The molecule has 0 aliphatic rings. The van der Waals surface area contributed by atoms with Crippen molar-refractivity contribution in [1.82, 2.24) is 5.43 Å². The molecule has 126 valence electrons. The molecule has 2 aromatic carbocycles. The first kappa shape index (κ1) is 17.1. The van der Waals surface area contributed by atoms with Gasteiger partial charge in [-0.1, -0.05) is 12.1 Å². The van der Waals surface area contributed by atoms with Crippen molar-refractivity contribution in [2.75, 3.05) is 14.2 Å². The molecule has 0 saturated heterocycles. The highest BCUT2D eigenvalue weighted by Gasteiger charge is 2.16. The summed E-state index contributed by atoms with van der Waals surface area (Å²) in [5.41, 5.74) is 3.18. The summed E-state index contributed by atoms with van der Waals surface area (Å²) in [6, 6.07) is 9.35. The van der Waals surface area contributed by atoms with Gasteiger partial charge in [0.2, 0.25) is 5.75 Å². The topological polar surface area (TPSA) is 100 Å². The third-order valence-corrected chi connectivity index (χ3v) is 3.38. The van der Waals surface area contributed by atoms with E-state index < -0.39 is 5.91 Å². The zero-order chi connectivity index (χ0) is 17.7. The second-order valence-corrected chi connectivity index (χ2v) is 4.85. The fraction of sp³-hybridized carbons (Fsp3) is 0.176. The van der Waals surface area contributed by atoms with E-state index in [9.17, 15) is 15.0 Å². The van der Waals surface area contributed by atoms with Crippen molar-refractivity contribution < 1.29 is 24.5 Å². The SMILES string of the molecule is COc1ccc(C(C)=NNC(=O)c2ccccc2O)c(O)c1OC. The highest BCUT2D eigenvalue weighted by molar-refractivity contribution is 6.03. The lowest BCUT2D eigenvalue weighted by atomic mass is 10.1. The molecule has 7 heteroatoms. The molecule has 2 aromatic rings. The number of hydrogen-bond donors (Lipinski definition) is 3. The normalized spacial score (nSPS) is 11.0. The highest BCUT2D eigenvalue weighted by Crippen LogP contribution is 2.39. The summed E-state index contributed by atoms with van der Waals surface area (Å²) in [6.45, 7) is 1.62. The molecule has 0 aromatic heterocycles. The van der Waals surface area contributed by atoms with Crippen molar-refractivity contribution in [2.45, 2.75) is 6.92 Å². The average molecular weight is 330 g/mol. The van der Waals surface area contributed by atoms with Crippen LogP contribution in [0.25, 0.3) is 0 Å². The number of phenolic OH excluding ortho intramolecular Hbond substituents is 2. The van der Waals surface area contributed by atoms with E-state index in [1.165, 1.54) is 26.4 Å². The number of carbonyl (C=O) groups excluding carboxylic acids is 1. The molecule has 0 atom stereocenters. The number of para-hydroxylation sites is 1. The number of hydrogen-bond acceptors (Lipinski definition) is 6. The van der Waals surface area contributed by atoms with Gasteiger partial charge in [0.05, 0.1) is 25.5 Å². The quantitative estimate of drug-likeness (QED) is 0.577. The number of phenols is 2. The van der Waals surface area contributed by atoms with Gasteiger partial charge in [0.15, 0.2) is 11.5 Å². The number of nitrogens with zero attached hydrogens (tertiary/aromatic N) is 1. The molecule has 0 unspecified atom stereocenters. The van der Waals surface area contributed by atoms with Crippen molar-refractivity contribution in [2.24, 2.45) is 5.10 Å². The number of carbonyl (C=O) groups is 1. The summed E-state index contributed by atoms with van der Waals surface area (Å²) in [6.07, 6.45) is 0. The zero-order valence-electron chi connectivity index (χ0n) is 13.5. The number of amides is 1. The Kier molecular flexibility index (Phi) is 5.26. The van der Waals surface area contributed by atoms with Gasteiger partial charge in [-0.05, 0) is 31.2 Å². The number of aromatic hydroxyl groups is 2. The Hall–Kier alpha value is -3.22. The van der Waals surface area contributed by atoms with Crippen molar-refractivity contribution in [1.29, 1.82) is 0 Å². The summed E-state index contributed by atoms with van der Waals surface area (Å²) in [4.78, 5) is 12.0. The highest BCUT2D eigenvalue weighted by atomic mass is 16.5. The van der Waals surface area contributed by atoms with E-state index in [0.29, 0.717) is 17.0 Å². The van der Waals surface area contributed by atoms with E-state index in [1.54, 1.807) is 31.2 Å². The fourth-order valence-corrected chi connectivity index (χ4v) is 2.12. The predicted molar refractivity (Wildman–Crippen MR) is 89.0 cm³/mol. The van der Waals surface area contributed by atoms with E-state index in [2.05, 4.69) is 10.5 Å². The Morgan fingerprint density at radius 3 is 2.38 bits per heavy atom. The van der Waals surface area contributed by atoms with Gasteiger partial charge in [0, 0.05) is 5.56 Å². The van der Waals surface area contributed by atoms with E-state index >= 15 is 0 Å². The average Bonchev–Trinajstić information content (AvgIpc) is 2.59. The first-order chi connectivity index (χ1) is 11.5. The van der Waals surface area contributed by atoms with Gasteiger partial charge < -0.3 is 19.7 Å². The number of rotatable bonds is 5. The zero-order valence-corrected chi connectivity index (χ0v) is 13.5. The van der Waals surface area contributed by atoms with E-state index in [-0.39, 0.29) is 22.8 Å². The minimum Gasteiger partial charge on any atom is -0.507 e. The van der Waals surface area contributed by atoms with E-state index in [1.807, 2.05) is 0 Å². The van der Waals surface area contributed by atoms with Gasteiger partial charge in [-0.15, -0.1) is 0 Å². The second-order valence-electron chi connectivity index (χ2n) is 4.85. The number of nitrogens with one attached hydrogen (secondary N) is 1. The molecule has 1 amide bonds. The molecule has 3 N–H and O–H groups in total. The van der Waals surface area contributed by atoms with Crippen molar-refractivity contribution in [3.63, 3.8) is 0 Å². The first-order valence-corrected chi connectivity index (χ1v) is 7.06. The number of benzene rings is 2. The maximum absolute atomic E-state index is 12.0. The smallest absolute Gasteiger partial charge is 0.275 e. The van der Waals surface area contributed by atoms with Crippen LogP contribution < -0.4 is 14.9 Å². The summed E-state index contributed by atoms with van der Waals surface area (Å²) < 4.78 is 10.2. The number of ether oxygens (including phenoxy) is 2. The van der Waals surface area contributed by atoms with Gasteiger partial charge in [0.1, 0.15) is 5.75 Å². The van der Waals surface area contributed by atoms with Gasteiger partial charge in [-0.3, -0.25) is 4.79 Å². The van der Waals surface area contributed by atoms with Crippen LogP contribution in [0.15, 0.2) is 41.5 Å². The van der Waals surface area contributed by atoms with Crippen LogP contribution in [0.4, 0.5) is 0 Å². The summed E-state index contributed by atoms with van der Waals surface area (Å²) in [7, 11) is 2.87. The Morgan fingerprint density at radius 2 is 1.75 bits per heavy atom. The summed E-state index contributed by atoms with van der Waals surface area (Å²) in [5, 5.41) is 23.9. The molecule has 0 saturated carbocycles. The molecule has 0 bridgehead atoms. The minimum absolute atomic E-state index is 0.102. The van der Waals surface area contributed by atoms with E-state index in [4.69, 9.17) is 9.47 Å². The monoisotopic (exact) mass is 330 g/mol. The van der Waals surface area contributed by atoms with E-state index in [0.717, 1.165) is 0 Å². The van der Waals surface area contributed by atoms with Gasteiger partial charge >= 0.3 is 0 Å². The molecule has 0 aliphatic carbocycles. The molecule has 0 spiro atoms. The third-order valence-electron chi connectivity index (χ3n) is 3.38. The maximum atomic E-state index is 12.0. The number of methoxy groups -OCH3 is 2. The van der Waals surface area contributed by atoms with Crippen molar-refractivity contribution >= 4 is 11.6 Å². The van der Waals surface area contributed by atoms with Crippen LogP contribution in [0.2, 0.25) is 0 Å². The lowest BCUT2D eigenvalue weighted by molar-refractivity contribution is 0.0952. The molecule has 0 heterocycles. The largest absolute Gasteiger partial charge is 0.507 e.